The fraction of sp³-hybridized carbons (Fsp3) is 0.240. The molecule has 0 saturated carbocycles. The summed E-state index contributed by atoms with van der Waals surface area (Å²) in [4.78, 5) is 6.15. The lowest BCUT2D eigenvalue weighted by Crippen LogP contribution is -2.39. The second kappa shape index (κ2) is 9.80. The number of hydrogen-bond acceptors (Lipinski definition) is 4. The van der Waals surface area contributed by atoms with Crippen molar-refractivity contribution in [1.29, 1.82) is 0 Å². The number of halogens is 2. The van der Waals surface area contributed by atoms with E-state index < -0.39 is 16.1 Å². The number of oxime groups is 1. The first-order valence-electron chi connectivity index (χ1n) is 10.6. The van der Waals surface area contributed by atoms with Gasteiger partial charge >= 0.3 is 0 Å². The van der Waals surface area contributed by atoms with Gasteiger partial charge in [-0.3, -0.25) is 0 Å². The Balaban J connectivity index is 1.49. The van der Waals surface area contributed by atoms with E-state index in [9.17, 15) is 17.2 Å². The third kappa shape index (κ3) is 5.29. The number of hydrogen-bond donors (Lipinski definition) is 0. The minimum atomic E-state index is -3.58. The molecule has 0 radical (unpaired) electrons. The maximum Gasteiger partial charge on any atom is 0.243 e. The standard InChI is InChI=1S/C25H24F2N2O3S/c1-18-4-2-3-5-24(18)33(30,31)29-16-14-23(15-17-29)28-32-25(19-6-10-21(26)11-7-19)20-8-12-22(27)13-9-20/h2-13,25H,14-17H2,1H3. The maximum absolute atomic E-state index is 13.4. The Morgan fingerprint density at radius 2 is 1.36 bits per heavy atom. The Labute approximate surface area is 192 Å². The number of sulfonamides is 1. The van der Waals surface area contributed by atoms with Gasteiger partial charge in [0.2, 0.25) is 10.0 Å². The molecular weight excluding hydrogens is 446 g/mol. The lowest BCUT2D eigenvalue weighted by atomic mass is 10.0. The van der Waals surface area contributed by atoms with E-state index in [1.54, 1.807) is 49.4 Å². The van der Waals surface area contributed by atoms with Gasteiger partial charge in [0.15, 0.2) is 6.10 Å². The Bertz CT molecular complexity index is 1190. The molecule has 1 saturated heterocycles. The van der Waals surface area contributed by atoms with E-state index in [0.29, 0.717) is 47.5 Å². The third-order valence-corrected chi connectivity index (χ3v) is 7.70. The molecule has 0 aromatic heterocycles. The number of nitrogens with zero attached hydrogens (tertiary/aromatic N) is 2. The molecule has 0 bridgehead atoms. The first-order valence-corrected chi connectivity index (χ1v) is 12.1. The molecule has 3 aromatic rings. The summed E-state index contributed by atoms with van der Waals surface area (Å²) in [5.74, 6) is -0.740. The second-order valence-electron chi connectivity index (χ2n) is 7.92. The van der Waals surface area contributed by atoms with Gasteiger partial charge < -0.3 is 4.84 Å². The monoisotopic (exact) mass is 470 g/mol. The van der Waals surface area contributed by atoms with E-state index in [1.165, 1.54) is 28.6 Å². The smallest absolute Gasteiger partial charge is 0.243 e. The van der Waals surface area contributed by atoms with Crippen LogP contribution in [0.5, 0.6) is 0 Å². The largest absolute Gasteiger partial charge is 0.383 e. The molecule has 0 amide bonds. The number of piperidine rings is 1. The summed E-state index contributed by atoms with van der Waals surface area (Å²) in [5, 5.41) is 4.30. The fourth-order valence-electron chi connectivity index (χ4n) is 3.78. The minimum Gasteiger partial charge on any atom is -0.383 e. The molecule has 3 aromatic carbocycles. The minimum absolute atomic E-state index is 0.302. The lowest BCUT2D eigenvalue weighted by molar-refractivity contribution is 0.0855. The highest BCUT2D eigenvalue weighted by Gasteiger charge is 2.29. The molecule has 1 fully saturated rings. The van der Waals surface area contributed by atoms with Crippen LogP contribution in [0, 0.1) is 18.6 Å². The van der Waals surface area contributed by atoms with Gasteiger partial charge in [-0.25, -0.2) is 17.2 Å². The molecule has 0 unspecified atom stereocenters. The summed E-state index contributed by atoms with van der Waals surface area (Å²) in [6, 6.07) is 18.6. The molecule has 172 valence electrons. The summed E-state index contributed by atoms with van der Waals surface area (Å²) in [7, 11) is -3.58. The van der Waals surface area contributed by atoms with Crippen molar-refractivity contribution in [3.8, 4) is 0 Å². The highest BCUT2D eigenvalue weighted by Crippen LogP contribution is 2.28. The van der Waals surface area contributed by atoms with Crippen LogP contribution in [0.2, 0.25) is 0 Å². The van der Waals surface area contributed by atoms with Crippen molar-refractivity contribution in [3.05, 3.63) is 101 Å². The van der Waals surface area contributed by atoms with Crippen molar-refractivity contribution < 1.29 is 22.0 Å². The Hall–Kier alpha value is -3.10. The van der Waals surface area contributed by atoms with Gasteiger partial charge in [-0.1, -0.05) is 47.6 Å². The van der Waals surface area contributed by atoms with E-state index in [1.807, 2.05) is 6.07 Å². The molecule has 4 rings (SSSR count). The van der Waals surface area contributed by atoms with Gasteiger partial charge in [0.1, 0.15) is 11.6 Å². The normalized spacial score (nSPS) is 15.0. The Morgan fingerprint density at radius 3 is 1.88 bits per heavy atom. The molecule has 1 heterocycles. The zero-order valence-electron chi connectivity index (χ0n) is 18.1. The van der Waals surface area contributed by atoms with Crippen molar-refractivity contribution >= 4 is 15.7 Å². The van der Waals surface area contributed by atoms with Crippen LogP contribution in [0.1, 0.15) is 35.6 Å². The van der Waals surface area contributed by atoms with Crippen LogP contribution in [-0.4, -0.2) is 31.5 Å². The second-order valence-corrected chi connectivity index (χ2v) is 9.82. The molecule has 8 heteroatoms. The summed E-state index contributed by atoms with van der Waals surface area (Å²) in [6.07, 6.45) is 0.224. The van der Waals surface area contributed by atoms with Crippen LogP contribution in [0.25, 0.3) is 0 Å². The number of aryl methyl sites for hydroxylation is 1. The zero-order valence-corrected chi connectivity index (χ0v) is 18.9. The third-order valence-electron chi connectivity index (χ3n) is 5.64. The van der Waals surface area contributed by atoms with Crippen LogP contribution in [0.15, 0.2) is 82.8 Å². The number of benzene rings is 3. The molecule has 1 aliphatic rings. The van der Waals surface area contributed by atoms with Crippen molar-refractivity contribution in [2.75, 3.05) is 13.1 Å². The first-order chi connectivity index (χ1) is 15.8. The topological polar surface area (TPSA) is 59.0 Å². The average Bonchev–Trinajstić information content (AvgIpc) is 2.82. The Morgan fingerprint density at radius 1 is 0.848 bits per heavy atom. The van der Waals surface area contributed by atoms with Crippen molar-refractivity contribution in [2.45, 2.75) is 30.8 Å². The van der Waals surface area contributed by atoms with E-state index >= 15 is 0 Å². The average molecular weight is 471 g/mol. The van der Waals surface area contributed by atoms with Crippen LogP contribution < -0.4 is 0 Å². The summed E-state index contributed by atoms with van der Waals surface area (Å²) < 4.78 is 54.2. The molecule has 0 aliphatic carbocycles. The SMILES string of the molecule is Cc1ccccc1S(=O)(=O)N1CCC(=NOC(c2ccc(F)cc2)c2ccc(F)cc2)CC1. The molecular formula is C25H24F2N2O3S. The van der Waals surface area contributed by atoms with E-state index in [2.05, 4.69) is 5.16 Å². The van der Waals surface area contributed by atoms with Crippen molar-refractivity contribution in [1.82, 2.24) is 4.31 Å². The highest BCUT2D eigenvalue weighted by atomic mass is 32.2. The molecule has 1 aliphatic heterocycles. The Kier molecular flexibility index (Phi) is 6.85. The molecule has 0 N–H and O–H groups in total. The molecule has 33 heavy (non-hydrogen) atoms. The fourth-order valence-corrected chi connectivity index (χ4v) is 5.44. The van der Waals surface area contributed by atoms with Gasteiger partial charge in [0.25, 0.3) is 0 Å². The summed E-state index contributed by atoms with van der Waals surface area (Å²) in [5.41, 5.74) is 2.79. The first kappa shape index (κ1) is 23.1. The van der Waals surface area contributed by atoms with Gasteiger partial charge in [-0.15, -0.1) is 0 Å². The van der Waals surface area contributed by atoms with E-state index in [0.717, 1.165) is 5.71 Å². The predicted molar refractivity (Wildman–Crippen MR) is 122 cm³/mol. The van der Waals surface area contributed by atoms with E-state index in [-0.39, 0.29) is 11.6 Å². The predicted octanol–water partition coefficient (Wildman–Crippen LogP) is 5.22. The van der Waals surface area contributed by atoms with Crippen LogP contribution in [-0.2, 0) is 14.9 Å². The van der Waals surface area contributed by atoms with Gasteiger partial charge in [0.05, 0.1) is 10.6 Å². The molecule has 0 atom stereocenters. The number of rotatable bonds is 6. The lowest BCUT2D eigenvalue weighted by Gasteiger charge is -2.27. The zero-order chi connectivity index (χ0) is 23.4. The van der Waals surface area contributed by atoms with Gasteiger partial charge in [-0.2, -0.15) is 4.31 Å². The van der Waals surface area contributed by atoms with Crippen LogP contribution in [0.4, 0.5) is 8.78 Å². The molecule has 0 spiro atoms. The van der Waals surface area contributed by atoms with Crippen LogP contribution in [0.3, 0.4) is 0 Å². The quantitative estimate of drug-likeness (QED) is 0.464. The van der Waals surface area contributed by atoms with E-state index in [4.69, 9.17) is 4.84 Å². The van der Waals surface area contributed by atoms with Gasteiger partial charge in [-0.05, 0) is 53.9 Å². The molecule has 5 nitrogen and oxygen atoms in total. The summed E-state index contributed by atoms with van der Waals surface area (Å²) >= 11 is 0. The van der Waals surface area contributed by atoms with Crippen molar-refractivity contribution in [2.24, 2.45) is 5.16 Å². The van der Waals surface area contributed by atoms with Gasteiger partial charge in [0, 0.05) is 25.9 Å². The maximum atomic E-state index is 13.4. The highest BCUT2D eigenvalue weighted by molar-refractivity contribution is 7.89. The summed E-state index contributed by atoms with van der Waals surface area (Å²) in [6.45, 7) is 2.38. The van der Waals surface area contributed by atoms with Crippen molar-refractivity contribution in [3.63, 3.8) is 0 Å². The van der Waals surface area contributed by atoms with Crippen LogP contribution >= 0.6 is 0 Å².